The van der Waals surface area contributed by atoms with Crippen molar-refractivity contribution < 1.29 is 0 Å². The normalized spacial score (nSPS) is 11.1. The summed E-state index contributed by atoms with van der Waals surface area (Å²) in [6, 6.07) is 10.1. The Morgan fingerprint density at radius 3 is 2.88 bits per heavy atom. The van der Waals surface area contributed by atoms with Gasteiger partial charge in [-0.1, -0.05) is 30.4 Å². The van der Waals surface area contributed by atoms with E-state index in [4.69, 9.17) is 0 Å². The van der Waals surface area contributed by atoms with Crippen LogP contribution in [0.3, 0.4) is 0 Å². The van der Waals surface area contributed by atoms with Crippen LogP contribution in [-0.4, -0.2) is 23.4 Å². The zero-order valence-electron chi connectivity index (χ0n) is 9.30. The van der Waals surface area contributed by atoms with Crippen LogP contribution in [-0.2, 0) is 0 Å². The summed E-state index contributed by atoms with van der Waals surface area (Å²) in [5, 5.41) is 7.37. The summed E-state index contributed by atoms with van der Waals surface area (Å²) in [5.41, 5.74) is 2.19. The van der Waals surface area contributed by atoms with Crippen molar-refractivity contribution in [3.05, 3.63) is 54.4 Å². The highest BCUT2D eigenvalue weighted by Gasteiger charge is 1.96. The molecule has 0 aliphatic rings. The van der Waals surface area contributed by atoms with Crippen molar-refractivity contribution in [2.75, 3.05) is 13.6 Å². The second-order valence-corrected chi connectivity index (χ2v) is 3.51. The summed E-state index contributed by atoms with van der Waals surface area (Å²) in [6.07, 6.45) is 8.01. The predicted octanol–water partition coefficient (Wildman–Crippen LogP) is 2.10. The smallest absolute Gasteiger partial charge is 0.0645 e. The quantitative estimate of drug-likeness (QED) is 0.843. The first kappa shape index (κ1) is 10.6. The van der Waals surface area contributed by atoms with Gasteiger partial charge in [0, 0.05) is 18.3 Å². The van der Waals surface area contributed by atoms with E-state index in [2.05, 4.69) is 22.6 Å². The Kier molecular flexibility index (Phi) is 3.51. The number of rotatable bonds is 4. The number of likely N-dealkylation sites (N-methyl/N-ethyl adjacent to an activating group) is 1. The highest BCUT2D eigenvalue weighted by Crippen LogP contribution is 2.08. The van der Waals surface area contributed by atoms with Gasteiger partial charge in [0.25, 0.3) is 0 Å². The van der Waals surface area contributed by atoms with E-state index >= 15 is 0 Å². The summed E-state index contributed by atoms with van der Waals surface area (Å²) in [6.45, 7) is 0.872. The van der Waals surface area contributed by atoms with Gasteiger partial charge in [0.2, 0.25) is 0 Å². The van der Waals surface area contributed by atoms with E-state index in [1.165, 1.54) is 0 Å². The third-order valence-corrected chi connectivity index (χ3v) is 2.26. The van der Waals surface area contributed by atoms with E-state index in [-0.39, 0.29) is 0 Å². The van der Waals surface area contributed by atoms with Crippen LogP contribution in [0.25, 0.3) is 11.8 Å². The van der Waals surface area contributed by atoms with E-state index < -0.39 is 0 Å². The number of aromatic nitrogens is 2. The summed E-state index contributed by atoms with van der Waals surface area (Å²) in [5.74, 6) is 0. The predicted molar refractivity (Wildman–Crippen MR) is 66.5 cm³/mol. The number of para-hydroxylation sites is 1. The second-order valence-electron chi connectivity index (χ2n) is 3.51. The van der Waals surface area contributed by atoms with Crippen molar-refractivity contribution in [2.24, 2.45) is 0 Å². The second kappa shape index (κ2) is 5.28. The molecule has 0 atom stereocenters. The van der Waals surface area contributed by atoms with Crippen LogP contribution in [0.5, 0.6) is 0 Å². The SMILES string of the molecule is CNCC=Cc1cnn(-c2ccccc2)c1. The Labute approximate surface area is 95.4 Å². The van der Waals surface area contributed by atoms with Crippen molar-refractivity contribution in [1.29, 1.82) is 0 Å². The van der Waals surface area contributed by atoms with E-state index in [1.807, 2.05) is 54.5 Å². The molecular weight excluding hydrogens is 198 g/mol. The molecule has 2 rings (SSSR count). The lowest BCUT2D eigenvalue weighted by Gasteiger charge is -1.98. The average molecular weight is 213 g/mol. The molecule has 1 aromatic heterocycles. The van der Waals surface area contributed by atoms with Crippen molar-refractivity contribution in [3.63, 3.8) is 0 Å². The van der Waals surface area contributed by atoms with E-state index in [0.29, 0.717) is 0 Å². The highest BCUT2D eigenvalue weighted by molar-refractivity contribution is 5.48. The van der Waals surface area contributed by atoms with Gasteiger partial charge in [-0.15, -0.1) is 0 Å². The van der Waals surface area contributed by atoms with Crippen molar-refractivity contribution in [3.8, 4) is 5.69 Å². The number of nitrogens with zero attached hydrogens (tertiary/aromatic N) is 2. The first-order valence-electron chi connectivity index (χ1n) is 5.31. The fourth-order valence-electron chi connectivity index (χ4n) is 1.46. The number of nitrogens with one attached hydrogen (secondary N) is 1. The number of hydrogen-bond donors (Lipinski definition) is 1. The van der Waals surface area contributed by atoms with Crippen molar-refractivity contribution >= 4 is 6.08 Å². The summed E-state index contributed by atoms with van der Waals surface area (Å²) in [7, 11) is 1.93. The molecule has 1 aromatic carbocycles. The van der Waals surface area contributed by atoms with Gasteiger partial charge in [-0.05, 0) is 19.2 Å². The standard InChI is InChI=1S/C13H15N3/c1-14-9-5-6-12-10-15-16(11-12)13-7-3-2-4-8-13/h2-8,10-11,14H,9H2,1H3. The molecule has 0 unspecified atom stereocenters. The maximum absolute atomic E-state index is 4.31. The minimum Gasteiger partial charge on any atom is -0.316 e. The molecule has 0 fully saturated rings. The van der Waals surface area contributed by atoms with Gasteiger partial charge in [-0.3, -0.25) is 0 Å². The van der Waals surface area contributed by atoms with Crippen LogP contribution in [0.15, 0.2) is 48.8 Å². The lowest BCUT2D eigenvalue weighted by molar-refractivity contribution is 0.880. The topological polar surface area (TPSA) is 29.9 Å². The molecule has 0 radical (unpaired) electrons. The van der Waals surface area contributed by atoms with Gasteiger partial charge in [-0.2, -0.15) is 5.10 Å². The van der Waals surface area contributed by atoms with E-state index in [0.717, 1.165) is 17.8 Å². The summed E-state index contributed by atoms with van der Waals surface area (Å²) in [4.78, 5) is 0. The first-order chi connectivity index (χ1) is 7.90. The van der Waals surface area contributed by atoms with Gasteiger partial charge in [0.05, 0.1) is 11.9 Å². The third kappa shape index (κ3) is 2.58. The molecule has 3 nitrogen and oxygen atoms in total. The highest BCUT2D eigenvalue weighted by atomic mass is 15.3. The van der Waals surface area contributed by atoms with Crippen LogP contribution >= 0.6 is 0 Å². The van der Waals surface area contributed by atoms with Crippen LogP contribution in [0.2, 0.25) is 0 Å². The Morgan fingerprint density at radius 2 is 2.12 bits per heavy atom. The number of benzene rings is 1. The minimum atomic E-state index is 0.872. The molecule has 16 heavy (non-hydrogen) atoms. The molecule has 0 saturated carbocycles. The molecule has 82 valence electrons. The van der Waals surface area contributed by atoms with E-state index in [9.17, 15) is 0 Å². The molecule has 0 saturated heterocycles. The molecule has 0 spiro atoms. The molecule has 0 bridgehead atoms. The minimum absolute atomic E-state index is 0.872. The fraction of sp³-hybridized carbons (Fsp3) is 0.154. The van der Waals surface area contributed by atoms with Crippen LogP contribution in [0.1, 0.15) is 5.56 Å². The van der Waals surface area contributed by atoms with E-state index in [1.54, 1.807) is 0 Å². The Morgan fingerprint density at radius 1 is 1.31 bits per heavy atom. The zero-order valence-corrected chi connectivity index (χ0v) is 9.30. The summed E-state index contributed by atoms with van der Waals surface area (Å²) < 4.78 is 1.87. The lowest BCUT2D eigenvalue weighted by atomic mass is 10.3. The molecule has 1 heterocycles. The zero-order chi connectivity index (χ0) is 11.2. The maximum Gasteiger partial charge on any atom is 0.0645 e. The largest absolute Gasteiger partial charge is 0.316 e. The van der Waals surface area contributed by atoms with Gasteiger partial charge < -0.3 is 5.32 Å². The maximum atomic E-state index is 4.31. The van der Waals surface area contributed by atoms with Crippen LogP contribution in [0.4, 0.5) is 0 Å². The van der Waals surface area contributed by atoms with Crippen molar-refractivity contribution in [2.45, 2.75) is 0 Å². The molecule has 0 amide bonds. The molecule has 1 N–H and O–H groups in total. The van der Waals surface area contributed by atoms with Gasteiger partial charge in [0.1, 0.15) is 0 Å². The lowest BCUT2D eigenvalue weighted by Crippen LogP contribution is -2.03. The first-order valence-corrected chi connectivity index (χ1v) is 5.31. The fourth-order valence-corrected chi connectivity index (χ4v) is 1.46. The monoisotopic (exact) mass is 213 g/mol. The number of hydrogen-bond acceptors (Lipinski definition) is 2. The Hall–Kier alpha value is -1.87. The summed E-state index contributed by atoms with van der Waals surface area (Å²) >= 11 is 0. The molecule has 3 heteroatoms. The van der Waals surface area contributed by atoms with Crippen LogP contribution < -0.4 is 5.32 Å². The van der Waals surface area contributed by atoms with Gasteiger partial charge >= 0.3 is 0 Å². The van der Waals surface area contributed by atoms with Crippen LogP contribution in [0, 0.1) is 0 Å². The third-order valence-electron chi connectivity index (χ3n) is 2.26. The molecule has 2 aromatic rings. The van der Waals surface area contributed by atoms with Gasteiger partial charge in [0.15, 0.2) is 0 Å². The molecule has 0 aliphatic heterocycles. The average Bonchev–Trinajstić information content (AvgIpc) is 2.79. The molecule has 0 aliphatic carbocycles. The Balaban J connectivity index is 2.14. The molecular formula is C13H15N3. The van der Waals surface area contributed by atoms with Gasteiger partial charge in [-0.25, -0.2) is 4.68 Å². The van der Waals surface area contributed by atoms with Crippen molar-refractivity contribution in [1.82, 2.24) is 15.1 Å². The Bertz CT molecular complexity index is 457.